The van der Waals surface area contributed by atoms with Crippen molar-refractivity contribution in [3.05, 3.63) is 82.7 Å². The van der Waals surface area contributed by atoms with E-state index >= 15 is 0 Å². The van der Waals surface area contributed by atoms with Gasteiger partial charge in [-0.1, -0.05) is 48.5 Å². The van der Waals surface area contributed by atoms with Crippen LogP contribution in [-0.2, 0) is 22.5 Å². The lowest BCUT2D eigenvalue weighted by atomic mass is 9.73. The van der Waals surface area contributed by atoms with Crippen LogP contribution in [0.4, 0.5) is 0 Å². The van der Waals surface area contributed by atoms with Crippen molar-refractivity contribution in [1.29, 1.82) is 0 Å². The molecule has 4 nitrogen and oxygen atoms in total. The number of carbonyl (C=O) groups is 1. The molecule has 1 amide bonds. The van der Waals surface area contributed by atoms with Crippen molar-refractivity contribution in [3.63, 3.8) is 0 Å². The van der Waals surface area contributed by atoms with Gasteiger partial charge in [0.25, 0.3) is 0 Å². The molecular formula is C26H25NO3S. The van der Waals surface area contributed by atoms with Crippen LogP contribution in [0.1, 0.15) is 23.3 Å². The van der Waals surface area contributed by atoms with Crippen molar-refractivity contribution in [1.82, 2.24) is 5.32 Å². The fraction of sp³-hybridized carbons (Fsp3) is 0.269. The van der Waals surface area contributed by atoms with Crippen molar-refractivity contribution < 1.29 is 13.9 Å². The number of ether oxygens (including phenoxy) is 1. The third-order valence-corrected chi connectivity index (χ3v) is 7.13. The van der Waals surface area contributed by atoms with E-state index in [1.165, 1.54) is 10.4 Å². The van der Waals surface area contributed by atoms with Gasteiger partial charge in [-0.2, -0.15) is 0 Å². The first-order valence-electron chi connectivity index (χ1n) is 10.7. The maximum absolute atomic E-state index is 13.4. The molecular weight excluding hydrogens is 406 g/mol. The summed E-state index contributed by atoms with van der Waals surface area (Å²) in [5.41, 5.74) is 3.78. The van der Waals surface area contributed by atoms with E-state index in [4.69, 9.17) is 9.15 Å². The van der Waals surface area contributed by atoms with Crippen molar-refractivity contribution >= 4 is 28.2 Å². The molecule has 0 spiro atoms. The van der Waals surface area contributed by atoms with Crippen LogP contribution in [0.15, 0.2) is 76.7 Å². The average Bonchev–Trinajstić information content (AvgIpc) is 3.48. The minimum atomic E-state index is -0.467. The van der Waals surface area contributed by atoms with Gasteiger partial charge >= 0.3 is 0 Å². The molecule has 0 aliphatic carbocycles. The van der Waals surface area contributed by atoms with Gasteiger partial charge in [0.15, 0.2) is 0 Å². The van der Waals surface area contributed by atoms with Crippen molar-refractivity contribution in [2.24, 2.45) is 5.41 Å². The molecule has 1 N–H and O–H groups in total. The molecule has 158 valence electrons. The molecule has 0 radical (unpaired) electrons. The van der Waals surface area contributed by atoms with Crippen LogP contribution in [0.3, 0.4) is 0 Å². The Kier molecular flexibility index (Phi) is 5.62. The standard InChI is InChI=1S/C26H25NO3S/c28-25(27-17-20-7-5-15-31-20)26(11-13-29-14-12-26)16-19-6-1-2-8-21(19)23-18-30-24-10-4-3-9-22(23)24/h1-10,15,18H,11-14,16-17H2,(H,27,28). The van der Waals surface area contributed by atoms with Gasteiger partial charge in [-0.05, 0) is 47.9 Å². The monoisotopic (exact) mass is 431 g/mol. The normalized spacial score (nSPS) is 15.7. The minimum absolute atomic E-state index is 0.121. The summed E-state index contributed by atoms with van der Waals surface area (Å²) in [6.45, 7) is 1.81. The molecule has 0 atom stereocenters. The van der Waals surface area contributed by atoms with Crippen molar-refractivity contribution in [2.75, 3.05) is 13.2 Å². The van der Waals surface area contributed by atoms with Crippen LogP contribution in [0, 0.1) is 5.41 Å². The number of carbonyl (C=O) groups excluding carboxylic acids is 1. The van der Waals surface area contributed by atoms with Crippen molar-refractivity contribution in [3.8, 4) is 11.1 Å². The quantitative estimate of drug-likeness (QED) is 0.419. The second kappa shape index (κ2) is 8.69. The molecule has 1 fully saturated rings. The lowest BCUT2D eigenvalue weighted by Crippen LogP contribution is -2.45. The largest absolute Gasteiger partial charge is 0.464 e. The Morgan fingerprint density at radius 1 is 0.968 bits per heavy atom. The highest BCUT2D eigenvalue weighted by atomic mass is 32.1. The van der Waals surface area contributed by atoms with Crippen molar-refractivity contribution in [2.45, 2.75) is 25.8 Å². The lowest BCUT2D eigenvalue weighted by Gasteiger charge is -2.36. The fourth-order valence-corrected chi connectivity index (χ4v) is 5.15. The predicted molar refractivity (Wildman–Crippen MR) is 124 cm³/mol. The molecule has 5 heteroatoms. The van der Waals surface area contributed by atoms with Gasteiger partial charge in [0.05, 0.1) is 18.2 Å². The number of para-hydroxylation sites is 1. The van der Waals surface area contributed by atoms with E-state index in [1.807, 2.05) is 42.0 Å². The Hall–Kier alpha value is -2.89. The van der Waals surface area contributed by atoms with E-state index in [0.717, 1.165) is 34.9 Å². The van der Waals surface area contributed by atoms with Gasteiger partial charge < -0.3 is 14.5 Å². The number of benzene rings is 2. The summed E-state index contributed by atoms with van der Waals surface area (Å²) in [7, 11) is 0. The summed E-state index contributed by atoms with van der Waals surface area (Å²) in [6, 6.07) is 20.5. The van der Waals surface area contributed by atoms with E-state index in [9.17, 15) is 4.79 Å². The Labute approximate surface area is 185 Å². The van der Waals surface area contributed by atoms with E-state index in [-0.39, 0.29) is 5.91 Å². The summed E-state index contributed by atoms with van der Waals surface area (Å²) in [5, 5.41) is 6.33. The first kappa shape index (κ1) is 20.0. The van der Waals surface area contributed by atoms with Gasteiger partial charge in [0, 0.05) is 29.0 Å². The number of rotatable bonds is 6. The molecule has 31 heavy (non-hydrogen) atoms. The highest BCUT2D eigenvalue weighted by Gasteiger charge is 2.40. The van der Waals surface area contributed by atoms with E-state index in [0.29, 0.717) is 26.2 Å². The lowest BCUT2D eigenvalue weighted by molar-refractivity contribution is -0.136. The average molecular weight is 432 g/mol. The molecule has 4 aromatic rings. The Morgan fingerprint density at radius 3 is 2.61 bits per heavy atom. The highest BCUT2D eigenvalue weighted by molar-refractivity contribution is 7.09. The summed E-state index contributed by atoms with van der Waals surface area (Å²) < 4.78 is 11.4. The Balaban J connectivity index is 1.47. The third kappa shape index (κ3) is 4.03. The Bertz CT molecular complexity index is 1170. The molecule has 1 aliphatic heterocycles. The maximum Gasteiger partial charge on any atom is 0.227 e. The van der Waals surface area contributed by atoms with E-state index in [2.05, 4.69) is 35.6 Å². The predicted octanol–water partition coefficient (Wildman–Crippen LogP) is 5.82. The molecule has 0 saturated carbocycles. The first-order chi connectivity index (χ1) is 15.3. The van der Waals surface area contributed by atoms with Crippen LogP contribution >= 0.6 is 11.3 Å². The van der Waals surface area contributed by atoms with Crippen LogP contribution in [-0.4, -0.2) is 19.1 Å². The van der Waals surface area contributed by atoms with Crippen LogP contribution < -0.4 is 5.32 Å². The zero-order valence-electron chi connectivity index (χ0n) is 17.3. The SMILES string of the molecule is O=C(NCc1cccs1)C1(Cc2ccccc2-c2coc3ccccc23)CCOCC1. The number of thiophene rings is 1. The summed E-state index contributed by atoms with van der Waals surface area (Å²) in [4.78, 5) is 14.6. The van der Waals surface area contributed by atoms with Gasteiger partial charge in [-0.15, -0.1) is 11.3 Å². The number of furan rings is 1. The van der Waals surface area contributed by atoms with Crippen LogP contribution in [0.2, 0.25) is 0 Å². The van der Waals surface area contributed by atoms with Gasteiger partial charge in [-0.3, -0.25) is 4.79 Å². The number of hydrogen-bond acceptors (Lipinski definition) is 4. The second-order valence-electron chi connectivity index (χ2n) is 8.13. The van der Waals surface area contributed by atoms with E-state index < -0.39 is 5.41 Å². The number of amides is 1. The molecule has 0 bridgehead atoms. The summed E-state index contributed by atoms with van der Waals surface area (Å²) >= 11 is 1.67. The molecule has 2 aromatic heterocycles. The second-order valence-corrected chi connectivity index (χ2v) is 9.17. The van der Waals surface area contributed by atoms with Crippen LogP contribution in [0.25, 0.3) is 22.1 Å². The Morgan fingerprint density at radius 2 is 1.77 bits per heavy atom. The smallest absolute Gasteiger partial charge is 0.227 e. The minimum Gasteiger partial charge on any atom is -0.464 e. The first-order valence-corrected chi connectivity index (χ1v) is 11.6. The molecule has 1 saturated heterocycles. The number of hydrogen-bond donors (Lipinski definition) is 1. The highest BCUT2D eigenvalue weighted by Crippen LogP contribution is 2.39. The molecule has 1 aliphatic rings. The molecule has 5 rings (SSSR count). The molecule has 3 heterocycles. The number of nitrogens with one attached hydrogen (secondary N) is 1. The van der Waals surface area contributed by atoms with Crippen LogP contribution in [0.5, 0.6) is 0 Å². The fourth-order valence-electron chi connectivity index (χ4n) is 4.50. The zero-order chi connectivity index (χ0) is 21.1. The number of fused-ring (bicyclic) bond motifs is 1. The molecule has 2 aromatic carbocycles. The van der Waals surface area contributed by atoms with Gasteiger partial charge in [-0.25, -0.2) is 0 Å². The maximum atomic E-state index is 13.4. The van der Waals surface area contributed by atoms with Gasteiger partial charge in [0.2, 0.25) is 5.91 Å². The summed E-state index contributed by atoms with van der Waals surface area (Å²) in [5.74, 6) is 0.121. The zero-order valence-corrected chi connectivity index (χ0v) is 18.1. The topological polar surface area (TPSA) is 51.5 Å². The summed E-state index contributed by atoms with van der Waals surface area (Å²) in [6.07, 6.45) is 3.97. The molecule has 0 unspecified atom stereocenters. The van der Waals surface area contributed by atoms with Gasteiger partial charge in [0.1, 0.15) is 5.58 Å². The van der Waals surface area contributed by atoms with E-state index in [1.54, 1.807) is 11.3 Å². The third-order valence-electron chi connectivity index (χ3n) is 6.25.